The summed E-state index contributed by atoms with van der Waals surface area (Å²) in [4.78, 5) is 9.52. The summed E-state index contributed by atoms with van der Waals surface area (Å²) in [7, 11) is 0. The van der Waals surface area contributed by atoms with Crippen molar-refractivity contribution < 1.29 is 4.74 Å². The van der Waals surface area contributed by atoms with Gasteiger partial charge in [0.25, 0.3) is 0 Å². The number of nitrogens with one attached hydrogen (secondary N) is 1. The Kier molecular flexibility index (Phi) is 6.99. The first-order chi connectivity index (χ1) is 10.2. The molecular formula is C15H27BrN4O. The molecule has 21 heavy (non-hydrogen) atoms. The average molecular weight is 359 g/mol. The topological polar surface area (TPSA) is 40.1 Å². The van der Waals surface area contributed by atoms with E-state index in [-0.39, 0.29) is 0 Å². The van der Waals surface area contributed by atoms with E-state index in [9.17, 15) is 0 Å². The van der Waals surface area contributed by atoms with Gasteiger partial charge in [0.05, 0.1) is 13.2 Å². The van der Waals surface area contributed by atoms with Crippen LogP contribution in [0.2, 0.25) is 0 Å². The standard InChI is InChI=1S/C15H27BrN4O/c1-3-17-15(18-10-13(2)16)20-7-5-19(6-8-20)11-14-4-9-21-12-14/h14H,2-12H2,1H3,(H,17,18). The Morgan fingerprint density at radius 3 is 2.71 bits per heavy atom. The number of halogens is 1. The van der Waals surface area contributed by atoms with Gasteiger partial charge in [-0.25, -0.2) is 4.99 Å². The molecule has 0 aromatic carbocycles. The van der Waals surface area contributed by atoms with Crippen molar-refractivity contribution in [1.29, 1.82) is 0 Å². The van der Waals surface area contributed by atoms with E-state index < -0.39 is 0 Å². The molecule has 5 nitrogen and oxygen atoms in total. The van der Waals surface area contributed by atoms with Gasteiger partial charge in [-0.3, -0.25) is 4.90 Å². The summed E-state index contributed by atoms with van der Waals surface area (Å²) < 4.78 is 6.38. The lowest BCUT2D eigenvalue weighted by Crippen LogP contribution is -2.53. The predicted octanol–water partition coefficient (Wildman–Crippen LogP) is 1.51. The summed E-state index contributed by atoms with van der Waals surface area (Å²) in [5, 5.41) is 3.37. The zero-order valence-corrected chi connectivity index (χ0v) is 14.6. The zero-order valence-electron chi connectivity index (χ0n) is 13.0. The molecule has 0 bridgehead atoms. The third kappa shape index (κ3) is 5.60. The number of hydrogen-bond acceptors (Lipinski definition) is 3. The molecule has 0 radical (unpaired) electrons. The minimum Gasteiger partial charge on any atom is -0.381 e. The maximum Gasteiger partial charge on any atom is 0.194 e. The smallest absolute Gasteiger partial charge is 0.194 e. The predicted molar refractivity (Wildman–Crippen MR) is 91.0 cm³/mol. The molecule has 0 spiro atoms. The highest BCUT2D eigenvalue weighted by molar-refractivity contribution is 9.11. The third-order valence-electron chi connectivity index (χ3n) is 3.95. The molecule has 0 saturated carbocycles. The molecule has 120 valence electrons. The minimum atomic E-state index is 0.627. The molecule has 2 aliphatic rings. The van der Waals surface area contributed by atoms with Crippen LogP contribution in [-0.2, 0) is 4.74 Å². The van der Waals surface area contributed by atoms with Gasteiger partial charge in [0.1, 0.15) is 0 Å². The molecular weight excluding hydrogens is 332 g/mol. The van der Waals surface area contributed by atoms with Gasteiger partial charge < -0.3 is 15.0 Å². The van der Waals surface area contributed by atoms with E-state index in [2.05, 4.69) is 49.5 Å². The van der Waals surface area contributed by atoms with Crippen LogP contribution in [-0.4, -0.2) is 74.8 Å². The fraction of sp³-hybridized carbons (Fsp3) is 0.800. The number of ether oxygens (including phenoxy) is 1. The van der Waals surface area contributed by atoms with Crippen LogP contribution < -0.4 is 5.32 Å². The van der Waals surface area contributed by atoms with Gasteiger partial charge in [0, 0.05) is 50.4 Å². The molecule has 0 aromatic rings. The highest BCUT2D eigenvalue weighted by Crippen LogP contribution is 2.15. The van der Waals surface area contributed by atoms with Crippen LogP contribution >= 0.6 is 15.9 Å². The van der Waals surface area contributed by atoms with Gasteiger partial charge in [0.2, 0.25) is 0 Å². The molecule has 6 heteroatoms. The summed E-state index contributed by atoms with van der Waals surface area (Å²) in [6, 6.07) is 0. The first-order valence-corrected chi connectivity index (χ1v) is 8.65. The van der Waals surface area contributed by atoms with Crippen molar-refractivity contribution in [3.05, 3.63) is 11.1 Å². The number of hydrogen-bond donors (Lipinski definition) is 1. The number of nitrogens with zero attached hydrogens (tertiary/aromatic N) is 3. The number of aliphatic imine (C=N–C) groups is 1. The van der Waals surface area contributed by atoms with Gasteiger partial charge in [-0.1, -0.05) is 22.5 Å². The van der Waals surface area contributed by atoms with Crippen molar-refractivity contribution in [1.82, 2.24) is 15.1 Å². The highest BCUT2D eigenvalue weighted by atomic mass is 79.9. The summed E-state index contributed by atoms with van der Waals surface area (Å²) in [6.45, 7) is 14.8. The molecule has 2 saturated heterocycles. The Labute approximate surface area is 136 Å². The molecule has 2 heterocycles. The van der Waals surface area contributed by atoms with E-state index in [0.717, 1.165) is 62.3 Å². The maximum absolute atomic E-state index is 5.47. The van der Waals surface area contributed by atoms with E-state index in [0.29, 0.717) is 6.54 Å². The van der Waals surface area contributed by atoms with E-state index >= 15 is 0 Å². The second-order valence-corrected chi connectivity index (χ2v) is 6.83. The van der Waals surface area contributed by atoms with Gasteiger partial charge in [-0.15, -0.1) is 0 Å². The average Bonchev–Trinajstić information content (AvgIpc) is 2.97. The van der Waals surface area contributed by atoms with Crippen molar-refractivity contribution in [3.8, 4) is 0 Å². The van der Waals surface area contributed by atoms with Crippen LogP contribution in [0.1, 0.15) is 13.3 Å². The number of rotatable bonds is 5. The van der Waals surface area contributed by atoms with E-state index in [1.807, 2.05) is 0 Å². The quantitative estimate of drug-likeness (QED) is 0.597. The Bertz CT molecular complexity index is 361. The fourth-order valence-corrected chi connectivity index (χ4v) is 2.95. The first kappa shape index (κ1) is 16.8. The first-order valence-electron chi connectivity index (χ1n) is 7.85. The summed E-state index contributed by atoms with van der Waals surface area (Å²) >= 11 is 3.37. The molecule has 1 unspecified atom stereocenters. The van der Waals surface area contributed by atoms with Crippen molar-refractivity contribution in [2.24, 2.45) is 10.9 Å². The fourth-order valence-electron chi connectivity index (χ4n) is 2.82. The Morgan fingerprint density at radius 2 is 2.14 bits per heavy atom. The Hall–Kier alpha value is -0.590. The van der Waals surface area contributed by atoms with Crippen LogP contribution in [0.3, 0.4) is 0 Å². The number of piperazine rings is 1. The van der Waals surface area contributed by atoms with E-state index in [4.69, 9.17) is 4.74 Å². The Balaban J connectivity index is 1.79. The molecule has 2 rings (SSSR count). The van der Waals surface area contributed by atoms with Gasteiger partial charge in [-0.2, -0.15) is 0 Å². The monoisotopic (exact) mass is 358 g/mol. The minimum absolute atomic E-state index is 0.627. The van der Waals surface area contributed by atoms with E-state index in [1.165, 1.54) is 13.0 Å². The normalized spacial score (nSPS) is 24.4. The van der Waals surface area contributed by atoms with Gasteiger partial charge >= 0.3 is 0 Å². The second-order valence-electron chi connectivity index (χ2n) is 5.70. The summed E-state index contributed by atoms with van der Waals surface area (Å²) in [5.74, 6) is 1.73. The van der Waals surface area contributed by atoms with Gasteiger partial charge in [-0.05, 0) is 19.3 Å². The third-order valence-corrected chi connectivity index (χ3v) is 4.20. The van der Waals surface area contributed by atoms with Crippen molar-refractivity contribution in [2.75, 3.05) is 59.0 Å². The molecule has 0 aliphatic carbocycles. The molecule has 1 atom stereocenters. The maximum atomic E-state index is 5.47. The van der Waals surface area contributed by atoms with Crippen LogP contribution in [0.25, 0.3) is 0 Å². The van der Waals surface area contributed by atoms with Crippen LogP contribution in [0.5, 0.6) is 0 Å². The number of guanidine groups is 1. The van der Waals surface area contributed by atoms with Crippen molar-refractivity contribution in [3.63, 3.8) is 0 Å². The lowest BCUT2D eigenvalue weighted by atomic mass is 10.1. The van der Waals surface area contributed by atoms with Crippen LogP contribution in [0.15, 0.2) is 16.1 Å². The van der Waals surface area contributed by atoms with E-state index in [1.54, 1.807) is 0 Å². The lowest BCUT2D eigenvalue weighted by Gasteiger charge is -2.37. The Morgan fingerprint density at radius 1 is 1.38 bits per heavy atom. The molecule has 2 fully saturated rings. The largest absolute Gasteiger partial charge is 0.381 e. The van der Waals surface area contributed by atoms with Crippen LogP contribution in [0.4, 0.5) is 0 Å². The van der Waals surface area contributed by atoms with Gasteiger partial charge in [0.15, 0.2) is 5.96 Å². The molecule has 0 aromatic heterocycles. The second kappa shape index (κ2) is 8.76. The highest BCUT2D eigenvalue weighted by Gasteiger charge is 2.23. The van der Waals surface area contributed by atoms with Crippen molar-refractivity contribution >= 4 is 21.9 Å². The zero-order chi connectivity index (χ0) is 15.1. The SMILES string of the molecule is C=C(Br)CN=C(NCC)N1CCN(CC2CCOC2)CC1. The van der Waals surface area contributed by atoms with Crippen LogP contribution in [0, 0.1) is 5.92 Å². The molecule has 0 amide bonds. The van der Waals surface area contributed by atoms with Crippen molar-refractivity contribution in [2.45, 2.75) is 13.3 Å². The molecule has 2 aliphatic heterocycles. The summed E-state index contributed by atoms with van der Waals surface area (Å²) in [5.41, 5.74) is 0. The lowest BCUT2D eigenvalue weighted by molar-refractivity contribution is 0.139. The molecule has 1 N–H and O–H groups in total. The summed E-state index contributed by atoms with van der Waals surface area (Å²) in [6.07, 6.45) is 1.22.